The van der Waals surface area contributed by atoms with Gasteiger partial charge in [-0.3, -0.25) is 9.59 Å². The maximum absolute atomic E-state index is 11.2. The molecule has 0 bridgehead atoms. The van der Waals surface area contributed by atoms with E-state index in [4.69, 9.17) is 5.73 Å². The predicted molar refractivity (Wildman–Crippen MR) is 56.4 cm³/mol. The van der Waals surface area contributed by atoms with Crippen LogP contribution in [0.25, 0.3) is 0 Å². The summed E-state index contributed by atoms with van der Waals surface area (Å²) in [4.78, 5) is 22.0. The number of primary amides is 1. The fraction of sp³-hybridized carbons (Fsp3) is 0.333. The summed E-state index contributed by atoms with van der Waals surface area (Å²) >= 11 is 0. The van der Waals surface area contributed by atoms with Crippen LogP contribution in [0.1, 0.15) is 23.1 Å². The molecule has 3 nitrogen and oxygen atoms in total. The van der Waals surface area contributed by atoms with Gasteiger partial charge in [-0.15, -0.1) is 0 Å². The van der Waals surface area contributed by atoms with Gasteiger partial charge < -0.3 is 5.73 Å². The maximum Gasteiger partial charge on any atom is 0.221 e. The summed E-state index contributed by atoms with van der Waals surface area (Å²) in [6, 6.07) is 5.80. The van der Waals surface area contributed by atoms with E-state index < -0.39 is 0 Å². The van der Waals surface area contributed by atoms with Crippen molar-refractivity contribution in [2.75, 3.05) is 0 Å². The molecule has 1 aromatic carbocycles. The second-order valence-corrected chi connectivity index (χ2v) is 3.96. The number of aryl methyl sites for hydroxylation is 1. The molecule has 15 heavy (non-hydrogen) atoms. The average molecular weight is 203 g/mol. The lowest BCUT2D eigenvalue weighted by atomic mass is 9.89. The van der Waals surface area contributed by atoms with Crippen molar-refractivity contribution in [3.8, 4) is 0 Å². The Balaban J connectivity index is 2.26. The molecule has 0 radical (unpaired) electrons. The van der Waals surface area contributed by atoms with E-state index >= 15 is 0 Å². The predicted octanol–water partition coefficient (Wildman–Crippen LogP) is 0.772. The van der Waals surface area contributed by atoms with Crippen LogP contribution >= 0.6 is 0 Å². The van der Waals surface area contributed by atoms with Gasteiger partial charge in [-0.25, -0.2) is 0 Å². The highest BCUT2D eigenvalue weighted by Crippen LogP contribution is 2.20. The summed E-state index contributed by atoms with van der Waals surface area (Å²) in [5.41, 5.74) is 8.35. The van der Waals surface area contributed by atoms with Crippen LogP contribution in [0, 0.1) is 0 Å². The van der Waals surface area contributed by atoms with E-state index in [9.17, 15) is 9.59 Å². The van der Waals surface area contributed by atoms with E-state index in [2.05, 4.69) is 0 Å². The number of hydrogen-bond acceptors (Lipinski definition) is 2. The van der Waals surface area contributed by atoms with Gasteiger partial charge in [0.25, 0.3) is 0 Å². The van der Waals surface area contributed by atoms with Crippen LogP contribution in [0.2, 0.25) is 0 Å². The van der Waals surface area contributed by atoms with Gasteiger partial charge in [0.1, 0.15) is 5.78 Å². The topological polar surface area (TPSA) is 60.2 Å². The van der Waals surface area contributed by atoms with Crippen molar-refractivity contribution < 1.29 is 9.59 Å². The zero-order valence-electron chi connectivity index (χ0n) is 8.45. The minimum Gasteiger partial charge on any atom is -0.369 e. The molecule has 3 heteroatoms. The van der Waals surface area contributed by atoms with Gasteiger partial charge in [-0.1, -0.05) is 18.2 Å². The molecule has 0 saturated carbocycles. The third-order valence-corrected chi connectivity index (χ3v) is 2.71. The minimum absolute atomic E-state index is 0.279. The molecule has 0 heterocycles. The van der Waals surface area contributed by atoms with E-state index in [1.54, 1.807) is 0 Å². The number of carbonyl (C=O) groups excluding carboxylic acids is 2. The minimum atomic E-state index is -0.318. The Kier molecular flexibility index (Phi) is 2.54. The molecule has 2 rings (SSSR count). The van der Waals surface area contributed by atoms with Crippen LogP contribution in [0.15, 0.2) is 18.2 Å². The van der Waals surface area contributed by atoms with Crippen molar-refractivity contribution in [2.45, 2.75) is 25.7 Å². The van der Waals surface area contributed by atoms with Crippen molar-refractivity contribution >= 4 is 11.7 Å². The molecular weight excluding hydrogens is 190 g/mol. The first kappa shape index (κ1) is 9.90. The Bertz CT molecular complexity index is 424. The van der Waals surface area contributed by atoms with E-state index in [0.717, 1.165) is 17.5 Å². The highest BCUT2D eigenvalue weighted by Gasteiger charge is 2.15. The van der Waals surface area contributed by atoms with Crippen LogP contribution in [0.5, 0.6) is 0 Å². The van der Waals surface area contributed by atoms with E-state index in [0.29, 0.717) is 18.6 Å². The number of carbonyl (C=O) groups is 2. The number of ketones is 1. The van der Waals surface area contributed by atoms with Gasteiger partial charge in [0.05, 0.1) is 6.42 Å². The normalized spacial score (nSPS) is 14.8. The summed E-state index contributed by atoms with van der Waals surface area (Å²) in [5.74, 6) is -0.0213. The lowest BCUT2D eigenvalue weighted by Crippen LogP contribution is -2.16. The summed E-state index contributed by atoms with van der Waals surface area (Å²) in [6.45, 7) is 0. The number of rotatable bonds is 2. The second kappa shape index (κ2) is 3.85. The highest BCUT2D eigenvalue weighted by atomic mass is 16.1. The van der Waals surface area contributed by atoms with E-state index in [-0.39, 0.29) is 12.3 Å². The molecule has 0 aliphatic heterocycles. The highest BCUT2D eigenvalue weighted by molar-refractivity contribution is 5.83. The lowest BCUT2D eigenvalue weighted by molar-refractivity contribution is -0.119. The number of nitrogens with two attached hydrogens (primary N) is 1. The SMILES string of the molecule is NC(=O)Cc1ccc2c(c1)CCC(=O)C2. The molecule has 78 valence electrons. The van der Waals surface area contributed by atoms with Gasteiger partial charge in [0, 0.05) is 12.8 Å². The third kappa shape index (κ3) is 2.24. The number of hydrogen-bond donors (Lipinski definition) is 1. The molecular formula is C12H13NO2. The van der Waals surface area contributed by atoms with Crippen molar-refractivity contribution in [1.82, 2.24) is 0 Å². The number of amides is 1. The summed E-state index contributed by atoms with van der Waals surface area (Å²) in [7, 11) is 0. The number of Topliss-reactive ketones (excluding diaryl/α,β-unsaturated/α-hetero) is 1. The van der Waals surface area contributed by atoms with E-state index in [1.165, 1.54) is 5.56 Å². The zero-order valence-corrected chi connectivity index (χ0v) is 8.45. The number of benzene rings is 1. The van der Waals surface area contributed by atoms with Crippen LogP contribution in [-0.2, 0) is 28.9 Å². The van der Waals surface area contributed by atoms with Crippen LogP contribution in [-0.4, -0.2) is 11.7 Å². The molecule has 1 aromatic rings. The molecule has 0 unspecified atom stereocenters. The van der Waals surface area contributed by atoms with Crippen molar-refractivity contribution in [3.63, 3.8) is 0 Å². The van der Waals surface area contributed by atoms with Crippen molar-refractivity contribution in [1.29, 1.82) is 0 Å². The molecule has 0 fully saturated rings. The molecule has 2 N–H and O–H groups in total. The second-order valence-electron chi connectivity index (χ2n) is 3.96. The Labute approximate surface area is 88.3 Å². The Morgan fingerprint density at radius 1 is 1.27 bits per heavy atom. The fourth-order valence-electron chi connectivity index (χ4n) is 1.97. The fourth-order valence-corrected chi connectivity index (χ4v) is 1.97. The van der Waals surface area contributed by atoms with Gasteiger partial charge in [-0.05, 0) is 23.1 Å². The summed E-state index contributed by atoms with van der Waals surface area (Å²) < 4.78 is 0. The third-order valence-electron chi connectivity index (χ3n) is 2.71. The van der Waals surface area contributed by atoms with Crippen molar-refractivity contribution in [3.05, 3.63) is 34.9 Å². The van der Waals surface area contributed by atoms with Gasteiger partial charge in [0.15, 0.2) is 0 Å². The Morgan fingerprint density at radius 2 is 2.07 bits per heavy atom. The summed E-state index contributed by atoms with van der Waals surface area (Å²) in [6.07, 6.45) is 2.22. The lowest BCUT2D eigenvalue weighted by Gasteiger charge is -2.15. The molecule has 0 atom stereocenters. The van der Waals surface area contributed by atoms with Crippen molar-refractivity contribution in [2.24, 2.45) is 5.73 Å². The average Bonchev–Trinajstić information content (AvgIpc) is 2.17. The Hall–Kier alpha value is -1.64. The van der Waals surface area contributed by atoms with Crippen LogP contribution < -0.4 is 5.73 Å². The standard InChI is InChI=1S/C12H13NO2/c13-12(15)6-8-1-2-10-7-11(14)4-3-9(10)5-8/h1-2,5H,3-4,6-7H2,(H2,13,15). The monoisotopic (exact) mass is 203 g/mol. The van der Waals surface area contributed by atoms with Crippen LogP contribution in [0.4, 0.5) is 0 Å². The van der Waals surface area contributed by atoms with E-state index in [1.807, 2.05) is 18.2 Å². The Morgan fingerprint density at radius 3 is 2.80 bits per heavy atom. The molecule has 0 saturated heterocycles. The molecule has 0 aromatic heterocycles. The molecule has 1 aliphatic rings. The largest absolute Gasteiger partial charge is 0.369 e. The molecule has 0 spiro atoms. The number of fused-ring (bicyclic) bond motifs is 1. The van der Waals surface area contributed by atoms with Gasteiger partial charge in [0.2, 0.25) is 5.91 Å². The first-order valence-electron chi connectivity index (χ1n) is 5.06. The zero-order chi connectivity index (χ0) is 10.8. The first-order chi connectivity index (χ1) is 7.15. The van der Waals surface area contributed by atoms with Crippen LogP contribution in [0.3, 0.4) is 0 Å². The summed E-state index contributed by atoms with van der Waals surface area (Å²) in [5, 5.41) is 0. The smallest absolute Gasteiger partial charge is 0.221 e. The quantitative estimate of drug-likeness (QED) is 0.771. The maximum atomic E-state index is 11.2. The van der Waals surface area contributed by atoms with Gasteiger partial charge >= 0.3 is 0 Å². The molecule has 1 aliphatic carbocycles. The van der Waals surface area contributed by atoms with Gasteiger partial charge in [-0.2, -0.15) is 0 Å². The first-order valence-corrected chi connectivity index (χ1v) is 5.06. The molecule has 1 amide bonds.